The van der Waals surface area contributed by atoms with Crippen molar-refractivity contribution in [3.8, 4) is 0 Å². The summed E-state index contributed by atoms with van der Waals surface area (Å²) in [7, 11) is 4.37. The highest BCUT2D eigenvalue weighted by atomic mass is 16.3. The predicted molar refractivity (Wildman–Crippen MR) is 149 cm³/mol. The summed E-state index contributed by atoms with van der Waals surface area (Å²) >= 11 is 0. The van der Waals surface area contributed by atoms with Gasteiger partial charge in [-0.25, -0.2) is 0 Å². The van der Waals surface area contributed by atoms with Crippen molar-refractivity contribution in [2.24, 2.45) is 52.3 Å². The molecular weight excluding hydrogens is 428 g/mol. The smallest absolute Gasteiger partial charge is 0.0543 e. The third kappa shape index (κ3) is 5.68. The number of fused-ring (bicyclic) bond motifs is 5. The van der Waals surface area contributed by atoms with Crippen molar-refractivity contribution in [1.82, 2.24) is 10.2 Å². The summed E-state index contributed by atoms with van der Waals surface area (Å²) in [5, 5.41) is 14.8. The first-order chi connectivity index (χ1) is 16.6. The first kappa shape index (κ1) is 27.9. The Morgan fingerprint density at radius 3 is 2.29 bits per heavy atom. The third-order valence-corrected chi connectivity index (χ3v) is 12.1. The van der Waals surface area contributed by atoms with Crippen molar-refractivity contribution in [2.75, 3.05) is 27.2 Å². The van der Waals surface area contributed by atoms with Crippen LogP contribution in [0, 0.1) is 52.3 Å². The minimum Gasteiger partial charge on any atom is -0.393 e. The lowest BCUT2D eigenvalue weighted by atomic mass is 9.43. The molecule has 3 nitrogen and oxygen atoms in total. The molecule has 0 heterocycles. The number of aliphatic hydroxyl groups excluding tert-OH is 1. The molecule has 0 aromatic rings. The maximum Gasteiger partial charge on any atom is 0.0543 e. The van der Waals surface area contributed by atoms with E-state index in [0.717, 1.165) is 61.4 Å². The van der Waals surface area contributed by atoms with Crippen LogP contribution in [0.2, 0.25) is 0 Å². The van der Waals surface area contributed by atoms with Gasteiger partial charge in [0.05, 0.1) is 6.10 Å². The molecule has 4 aliphatic carbocycles. The molecule has 3 heteroatoms. The zero-order valence-corrected chi connectivity index (χ0v) is 24.5. The van der Waals surface area contributed by atoms with E-state index in [9.17, 15) is 5.11 Å². The molecule has 2 N–H and O–H groups in total. The van der Waals surface area contributed by atoms with Gasteiger partial charge in [0.1, 0.15) is 0 Å². The number of nitrogens with one attached hydrogen (secondary N) is 1. The molecule has 4 fully saturated rings. The molecule has 0 aromatic carbocycles. The molecule has 0 aromatic heterocycles. The Labute approximate surface area is 218 Å². The molecule has 204 valence electrons. The van der Waals surface area contributed by atoms with Crippen LogP contribution in [0.3, 0.4) is 0 Å². The Morgan fingerprint density at radius 2 is 1.57 bits per heavy atom. The average Bonchev–Trinajstić information content (AvgIpc) is 3.14. The second kappa shape index (κ2) is 11.3. The predicted octanol–water partition coefficient (Wildman–Crippen LogP) is 6.99. The molecule has 0 bridgehead atoms. The summed E-state index contributed by atoms with van der Waals surface area (Å²) in [5.41, 5.74) is 0.981. The van der Waals surface area contributed by atoms with Gasteiger partial charge in [0.15, 0.2) is 0 Å². The van der Waals surface area contributed by atoms with E-state index in [0.29, 0.717) is 22.8 Å². The Bertz CT molecular complexity index is 678. The fourth-order valence-corrected chi connectivity index (χ4v) is 10.3. The molecule has 0 amide bonds. The zero-order chi connectivity index (χ0) is 25.4. The van der Waals surface area contributed by atoms with Gasteiger partial charge in [0.2, 0.25) is 0 Å². The van der Waals surface area contributed by atoms with Crippen LogP contribution in [0.1, 0.15) is 112 Å². The van der Waals surface area contributed by atoms with Crippen molar-refractivity contribution in [3.63, 3.8) is 0 Å². The second-order valence-electron chi connectivity index (χ2n) is 14.9. The van der Waals surface area contributed by atoms with Gasteiger partial charge in [-0.1, -0.05) is 53.9 Å². The first-order valence-corrected chi connectivity index (χ1v) is 15.6. The van der Waals surface area contributed by atoms with Gasteiger partial charge in [-0.3, -0.25) is 0 Å². The van der Waals surface area contributed by atoms with Crippen molar-refractivity contribution in [2.45, 2.75) is 124 Å². The van der Waals surface area contributed by atoms with Crippen LogP contribution in [-0.2, 0) is 0 Å². The van der Waals surface area contributed by atoms with Crippen molar-refractivity contribution < 1.29 is 5.11 Å². The summed E-state index contributed by atoms with van der Waals surface area (Å²) in [4.78, 5) is 2.31. The number of hydrogen-bond donors (Lipinski definition) is 2. The number of rotatable bonds is 10. The summed E-state index contributed by atoms with van der Waals surface area (Å²) in [6, 6.07) is 0.600. The van der Waals surface area contributed by atoms with Crippen LogP contribution in [0.4, 0.5) is 0 Å². The summed E-state index contributed by atoms with van der Waals surface area (Å²) in [6.45, 7) is 15.0. The van der Waals surface area contributed by atoms with Crippen LogP contribution in [0.25, 0.3) is 0 Å². The van der Waals surface area contributed by atoms with Crippen LogP contribution in [0.15, 0.2) is 0 Å². The Hall–Kier alpha value is -0.120. The second-order valence-corrected chi connectivity index (χ2v) is 14.9. The first-order valence-electron chi connectivity index (χ1n) is 15.6. The van der Waals surface area contributed by atoms with Crippen molar-refractivity contribution in [3.05, 3.63) is 0 Å². The van der Waals surface area contributed by atoms with Gasteiger partial charge in [0.25, 0.3) is 0 Å². The fraction of sp³-hybridized carbons (Fsp3) is 1.00. The van der Waals surface area contributed by atoms with Crippen LogP contribution in [-0.4, -0.2) is 49.3 Å². The van der Waals surface area contributed by atoms with E-state index in [-0.39, 0.29) is 6.10 Å². The largest absolute Gasteiger partial charge is 0.393 e. The van der Waals surface area contributed by atoms with Gasteiger partial charge < -0.3 is 15.3 Å². The summed E-state index contributed by atoms with van der Waals surface area (Å²) in [6.07, 6.45) is 15.9. The van der Waals surface area contributed by atoms with E-state index in [1.54, 1.807) is 0 Å². The monoisotopic (exact) mass is 488 g/mol. The van der Waals surface area contributed by atoms with E-state index < -0.39 is 0 Å². The highest BCUT2D eigenvalue weighted by Crippen LogP contribution is 2.68. The molecule has 35 heavy (non-hydrogen) atoms. The molecule has 0 spiro atoms. The molecule has 3 unspecified atom stereocenters. The molecule has 0 aliphatic heterocycles. The van der Waals surface area contributed by atoms with Crippen molar-refractivity contribution in [1.29, 1.82) is 0 Å². The highest BCUT2D eigenvalue weighted by molar-refractivity contribution is 5.12. The lowest BCUT2D eigenvalue weighted by Gasteiger charge is -2.63. The van der Waals surface area contributed by atoms with E-state index in [4.69, 9.17) is 0 Å². The summed E-state index contributed by atoms with van der Waals surface area (Å²) in [5.74, 6) is 6.02. The minimum absolute atomic E-state index is 0.0768. The van der Waals surface area contributed by atoms with Crippen LogP contribution >= 0.6 is 0 Å². The number of nitrogens with zero attached hydrogens (tertiary/aromatic N) is 1. The van der Waals surface area contributed by atoms with Gasteiger partial charge in [-0.15, -0.1) is 0 Å². The molecule has 0 saturated heterocycles. The molecule has 4 rings (SSSR count). The quantitative estimate of drug-likeness (QED) is 0.325. The highest BCUT2D eigenvalue weighted by Gasteiger charge is 2.62. The maximum absolute atomic E-state index is 10.7. The maximum atomic E-state index is 10.7. The van der Waals surface area contributed by atoms with Gasteiger partial charge in [-0.05, 0) is 137 Å². The molecule has 0 radical (unpaired) electrons. The van der Waals surface area contributed by atoms with E-state index >= 15 is 0 Å². The molecule has 4 saturated carbocycles. The van der Waals surface area contributed by atoms with Gasteiger partial charge in [0, 0.05) is 6.04 Å². The topological polar surface area (TPSA) is 35.5 Å². The number of hydrogen-bond acceptors (Lipinski definition) is 3. The zero-order valence-electron chi connectivity index (χ0n) is 24.5. The van der Waals surface area contributed by atoms with Gasteiger partial charge >= 0.3 is 0 Å². The Morgan fingerprint density at radius 1 is 0.857 bits per heavy atom. The normalized spacial score (nSPS) is 44.2. The standard InChI is InChI=1S/C32H60N2O/c1-22(2)10-8-11-23(3)26-12-13-27-25-21-30(33-18-9-19-34(6)7)29-20-24(35)14-16-32(29,5)28(25)15-17-31(26,27)4/h22-30,33,35H,8-21H2,1-7H3/t23-,24?,25+,26-,27+,28+,29?,30?,31-,32-/m1/s1. The average molecular weight is 489 g/mol. The summed E-state index contributed by atoms with van der Waals surface area (Å²) < 4.78 is 0. The Kier molecular flexibility index (Phi) is 9.03. The lowest BCUT2D eigenvalue weighted by molar-refractivity contribution is -0.141. The van der Waals surface area contributed by atoms with E-state index in [1.807, 2.05) is 0 Å². The Balaban J connectivity index is 1.49. The lowest BCUT2D eigenvalue weighted by Crippen LogP contribution is -2.61. The van der Waals surface area contributed by atoms with Crippen LogP contribution < -0.4 is 5.32 Å². The van der Waals surface area contributed by atoms with Crippen LogP contribution in [0.5, 0.6) is 0 Å². The molecular formula is C32H60N2O. The van der Waals surface area contributed by atoms with Crippen molar-refractivity contribution >= 4 is 0 Å². The van der Waals surface area contributed by atoms with E-state index in [1.165, 1.54) is 64.2 Å². The van der Waals surface area contributed by atoms with Gasteiger partial charge in [-0.2, -0.15) is 0 Å². The fourth-order valence-electron chi connectivity index (χ4n) is 10.3. The molecule has 4 aliphatic rings. The number of aliphatic hydroxyl groups is 1. The third-order valence-electron chi connectivity index (χ3n) is 12.1. The van der Waals surface area contributed by atoms with E-state index in [2.05, 4.69) is 58.9 Å². The SMILES string of the molecule is CC(C)CCC[C@@H](C)[C@H]1CC[C@H]2[C@@H]3CC(NCCCN(C)C)C4CC(O)CC[C@]4(C)[C@H]3CC[C@]12C. The minimum atomic E-state index is -0.0768. The molecule has 10 atom stereocenters.